The third-order valence-electron chi connectivity index (χ3n) is 4.20. The number of carbonyl (C=O) groups excluding carboxylic acids is 1. The Kier molecular flexibility index (Phi) is 6.12. The van der Waals surface area contributed by atoms with E-state index in [0.717, 1.165) is 44.7 Å². The summed E-state index contributed by atoms with van der Waals surface area (Å²) in [5, 5.41) is 8.24. The van der Waals surface area contributed by atoms with Gasteiger partial charge in [0.2, 0.25) is 0 Å². The van der Waals surface area contributed by atoms with Gasteiger partial charge in [-0.2, -0.15) is 0 Å². The molecule has 0 radical (unpaired) electrons. The van der Waals surface area contributed by atoms with Crippen LogP contribution in [0.2, 0.25) is 0 Å². The van der Waals surface area contributed by atoms with E-state index in [4.69, 9.17) is 4.74 Å². The molecule has 0 saturated carbocycles. The van der Waals surface area contributed by atoms with Gasteiger partial charge in [-0.25, -0.2) is 0 Å². The van der Waals surface area contributed by atoms with Crippen molar-refractivity contribution in [1.82, 2.24) is 19.7 Å². The minimum absolute atomic E-state index is 0.0828. The Morgan fingerprint density at radius 2 is 2.27 bits per heavy atom. The van der Waals surface area contributed by atoms with E-state index in [1.54, 1.807) is 12.4 Å². The average Bonchev–Trinajstić information content (AvgIpc) is 3.03. The Bertz CT molecular complexity index is 492. The van der Waals surface area contributed by atoms with Gasteiger partial charge in [-0.05, 0) is 33.1 Å². The molecular formula is C16H26N4O2. The van der Waals surface area contributed by atoms with Crippen molar-refractivity contribution in [3.8, 4) is 0 Å². The smallest absolute Gasteiger partial charge is 0.251 e. The Morgan fingerprint density at radius 1 is 1.55 bits per heavy atom. The van der Waals surface area contributed by atoms with Crippen LogP contribution in [0.4, 0.5) is 0 Å². The third-order valence-corrected chi connectivity index (χ3v) is 4.20. The van der Waals surface area contributed by atoms with Gasteiger partial charge in [-0.15, -0.1) is 16.8 Å². The number of aryl methyl sites for hydroxylation is 1. The molecule has 1 amide bonds. The fourth-order valence-corrected chi connectivity index (χ4v) is 2.84. The minimum atomic E-state index is -0.379. The lowest BCUT2D eigenvalue weighted by Crippen LogP contribution is -2.43. The van der Waals surface area contributed by atoms with Crippen LogP contribution >= 0.6 is 0 Å². The second-order valence-corrected chi connectivity index (χ2v) is 5.67. The molecule has 122 valence electrons. The lowest BCUT2D eigenvalue weighted by Gasteiger charge is -2.33. The summed E-state index contributed by atoms with van der Waals surface area (Å²) >= 11 is 0. The van der Waals surface area contributed by atoms with Crippen molar-refractivity contribution < 1.29 is 9.53 Å². The maximum absolute atomic E-state index is 12.4. The van der Waals surface area contributed by atoms with Crippen LogP contribution in [0, 0.1) is 0 Å². The SMILES string of the molecule is C=CCCOC(C)C(=O)N1CCC(c2nncn2CC)CC1. The maximum Gasteiger partial charge on any atom is 0.251 e. The van der Waals surface area contributed by atoms with Gasteiger partial charge in [0.25, 0.3) is 5.91 Å². The van der Waals surface area contributed by atoms with Gasteiger partial charge >= 0.3 is 0 Å². The number of piperidine rings is 1. The molecule has 0 aromatic carbocycles. The number of aromatic nitrogens is 3. The van der Waals surface area contributed by atoms with E-state index in [2.05, 4.69) is 28.3 Å². The molecule has 1 aliphatic heterocycles. The number of amides is 1. The van der Waals surface area contributed by atoms with Crippen LogP contribution in [0.5, 0.6) is 0 Å². The number of rotatable bonds is 7. The first-order valence-corrected chi connectivity index (χ1v) is 8.06. The van der Waals surface area contributed by atoms with Crippen LogP contribution in [0.3, 0.4) is 0 Å². The highest BCUT2D eigenvalue weighted by Crippen LogP contribution is 2.26. The normalized spacial score (nSPS) is 17.5. The van der Waals surface area contributed by atoms with Gasteiger partial charge in [0.15, 0.2) is 0 Å². The lowest BCUT2D eigenvalue weighted by atomic mass is 9.95. The van der Waals surface area contributed by atoms with Crippen LogP contribution in [0.1, 0.15) is 44.9 Å². The van der Waals surface area contributed by atoms with E-state index >= 15 is 0 Å². The van der Waals surface area contributed by atoms with Gasteiger partial charge in [0, 0.05) is 25.6 Å². The summed E-state index contributed by atoms with van der Waals surface area (Å²) in [5.41, 5.74) is 0. The van der Waals surface area contributed by atoms with Crippen LogP contribution in [-0.4, -0.2) is 51.4 Å². The molecule has 0 bridgehead atoms. The molecule has 2 rings (SSSR count). The summed E-state index contributed by atoms with van der Waals surface area (Å²) < 4.78 is 7.63. The van der Waals surface area contributed by atoms with Crippen LogP contribution in [0.15, 0.2) is 19.0 Å². The number of hydrogen-bond acceptors (Lipinski definition) is 4. The van der Waals surface area contributed by atoms with Crippen molar-refractivity contribution in [1.29, 1.82) is 0 Å². The van der Waals surface area contributed by atoms with Crippen molar-refractivity contribution in [3.63, 3.8) is 0 Å². The second kappa shape index (κ2) is 8.08. The Labute approximate surface area is 132 Å². The standard InChI is InChI=1S/C16H26N4O2/c1-4-6-11-22-13(3)16(21)20-9-7-14(8-10-20)15-18-17-12-19(15)5-2/h4,12-14H,1,5-11H2,2-3H3. The van der Waals surface area contributed by atoms with E-state index in [-0.39, 0.29) is 12.0 Å². The van der Waals surface area contributed by atoms with E-state index in [1.165, 1.54) is 0 Å². The topological polar surface area (TPSA) is 60.2 Å². The molecule has 0 aliphatic carbocycles. The molecule has 0 spiro atoms. The summed E-state index contributed by atoms with van der Waals surface area (Å²) in [5.74, 6) is 1.52. The third kappa shape index (κ3) is 3.94. The van der Waals surface area contributed by atoms with Gasteiger partial charge in [0.05, 0.1) is 6.61 Å². The Morgan fingerprint density at radius 3 is 2.91 bits per heavy atom. The minimum Gasteiger partial charge on any atom is -0.368 e. The van der Waals surface area contributed by atoms with Crippen molar-refractivity contribution in [2.24, 2.45) is 0 Å². The molecule has 6 heteroatoms. The summed E-state index contributed by atoms with van der Waals surface area (Å²) in [4.78, 5) is 14.3. The zero-order valence-electron chi connectivity index (χ0n) is 13.6. The van der Waals surface area contributed by atoms with E-state index < -0.39 is 0 Å². The van der Waals surface area contributed by atoms with Gasteiger partial charge < -0.3 is 14.2 Å². The number of carbonyl (C=O) groups is 1. The molecule has 1 aromatic rings. The number of likely N-dealkylation sites (tertiary alicyclic amines) is 1. The summed E-state index contributed by atoms with van der Waals surface area (Å²) in [6.07, 6.45) is 5.84. The predicted octanol–water partition coefficient (Wildman–Crippen LogP) is 1.99. The Balaban J connectivity index is 1.83. The number of nitrogens with zero attached hydrogens (tertiary/aromatic N) is 4. The van der Waals surface area contributed by atoms with Crippen molar-refractivity contribution in [2.45, 2.75) is 51.7 Å². The largest absolute Gasteiger partial charge is 0.368 e. The van der Waals surface area contributed by atoms with Crippen molar-refractivity contribution >= 4 is 5.91 Å². The fraction of sp³-hybridized carbons (Fsp3) is 0.688. The first kappa shape index (κ1) is 16.7. The zero-order valence-corrected chi connectivity index (χ0v) is 13.6. The zero-order chi connectivity index (χ0) is 15.9. The molecule has 1 saturated heterocycles. The molecule has 1 unspecified atom stereocenters. The lowest BCUT2D eigenvalue weighted by molar-refractivity contribution is -0.143. The number of hydrogen-bond donors (Lipinski definition) is 0. The molecule has 1 atom stereocenters. The predicted molar refractivity (Wildman–Crippen MR) is 84.5 cm³/mol. The molecule has 0 N–H and O–H groups in total. The Hall–Kier alpha value is -1.69. The summed E-state index contributed by atoms with van der Waals surface area (Å²) in [7, 11) is 0. The van der Waals surface area contributed by atoms with Crippen molar-refractivity contribution in [2.75, 3.05) is 19.7 Å². The fourth-order valence-electron chi connectivity index (χ4n) is 2.84. The van der Waals surface area contributed by atoms with Crippen LogP contribution < -0.4 is 0 Å². The summed E-state index contributed by atoms with van der Waals surface area (Å²) in [6.45, 7) is 10.5. The van der Waals surface area contributed by atoms with Crippen molar-refractivity contribution in [3.05, 3.63) is 24.8 Å². The van der Waals surface area contributed by atoms with Crippen LogP contribution in [0.25, 0.3) is 0 Å². The molecule has 6 nitrogen and oxygen atoms in total. The van der Waals surface area contributed by atoms with Gasteiger partial charge in [-0.1, -0.05) is 6.08 Å². The molecule has 1 aliphatic rings. The first-order chi connectivity index (χ1) is 10.7. The molecule has 1 fully saturated rings. The van der Waals surface area contributed by atoms with E-state index in [1.807, 2.05) is 11.8 Å². The van der Waals surface area contributed by atoms with Crippen LogP contribution in [-0.2, 0) is 16.1 Å². The highest BCUT2D eigenvalue weighted by molar-refractivity contribution is 5.80. The molecule has 2 heterocycles. The quantitative estimate of drug-likeness (QED) is 0.571. The van der Waals surface area contributed by atoms with E-state index in [0.29, 0.717) is 12.5 Å². The first-order valence-electron chi connectivity index (χ1n) is 8.06. The second-order valence-electron chi connectivity index (χ2n) is 5.67. The molecular weight excluding hydrogens is 280 g/mol. The maximum atomic E-state index is 12.4. The monoisotopic (exact) mass is 306 g/mol. The van der Waals surface area contributed by atoms with E-state index in [9.17, 15) is 4.79 Å². The molecule has 1 aromatic heterocycles. The highest BCUT2D eigenvalue weighted by atomic mass is 16.5. The summed E-state index contributed by atoms with van der Waals surface area (Å²) in [6, 6.07) is 0. The molecule has 22 heavy (non-hydrogen) atoms. The van der Waals surface area contributed by atoms with Gasteiger partial charge in [0.1, 0.15) is 18.3 Å². The van der Waals surface area contributed by atoms with Gasteiger partial charge in [-0.3, -0.25) is 4.79 Å². The number of ether oxygens (including phenoxy) is 1. The highest BCUT2D eigenvalue weighted by Gasteiger charge is 2.28. The average molecular weight is 306 g/mol.